The number of Topliss-reactive ketones (excluding diaryl/α,β-unsaturated/α-hetero) is 1. The Morgan fingerprint density at radius 3 is 2.50 bits per heavy atom. The van der Waals surface area contributed by atoms with Crippen LogP contribution in [0.3, 0.4) is 0 Å². The Balaban J connectivity index is 0.00000162. The van der Waals surface area contributed by atoms with E-state index >= 15 is 0 Å². The number of carbonyl (C=O) groups is 1. The molecule has 0 aliphatic rings. The van der Waals surface area contributed by atoms with E-state index in [1.54, 1.807) is 6.92 Å². The molecule has 0 fully saturated rings. The molecule has 0 bridgehead atoms. The molecule has 1 aromatic heterocycles. The van der Waals surface area contributed by atoms with Crippen LogP contribution in [0.25, 0.3) is 11.4 Å². The molecule has 0 aliphatic heterocycles. The van der Waals surface area contributed by atoms with Crippen LogP contribution in [0.5, 0.6) is 0 Å². The summed E-state index contributed by atoms with van der Waals surface area (Å²) in [5, 5.41) is 0. The molecule has 18 heavy (non-hydrogen) atoms. The Morgan fingerprint density at radius 1 is 1.28 bits per heavy atom. The van der Waals surface area contributed by atoms with Crippen molar-refractivity contribution in [2.45, 2.75) is 34.2 Å². The summed E-state index contributed by atoms with van der Waals surface area (Å²) in [4.78, 5) is 15.5. The van der Waals surface area contributed by atoms with Gasteiger partial charge in [-0.3, -0.25) is 4.79 Å². The Kier molecular flexibility index (Phi) is 4.84. The number of ketones is 1. The summed E-state index contributed by atoms with van der Waals surface area (Å²) in [6, 6.07) is 7.60. The smallest absolute Gasteiger partial charge is 0.159 e. The Hall–Kier alpha value is -1.90. The molecule has 1 heterocycles. The molecule has 2 aromatic rings. The molecule has 1 aromatic carbocycles. The number of nitrogens with zero attached hydrogens (tertiary/aromatic N) is 2. The summed E-state index contributed by atoms with van der Waals surface area (Å²) in [6.07, 6.45) is 4.87. The van der Waals surface area contributed by atoms with Crippen molar-refractivity contribution in [3.63, 3.8) is 0 Å². The van der Waals surface area contributed by atoms with Crippen molar-refractivity contribution in [3.8, 4) is 11.4 Å². The van der Waals surface area contributed by atoms with Gasteiger partial charge in [0, 0.05) is 30.1 Å². The van der Waals surface area contributed by atoms with Gasteiger partial charge in [-0.2, -0.15) is 0 Å². The summed E-state index contributed by atoms with van der Waals surface area (Å²) in [5.41, 5.74) is 1.79. The first kappa shape index (κ1) is 14.2. The van der Waals surface area contributed by atoms with Crippen molar-refractivity contribution in [3.05, 3.63) is 42.2 Å². The van der Waals surface area contributed by atoms with Gasteiger partial charge in [-0.05, 0) is 13.3 Å². The number of carbonyl (C=O) groups excluding carboxylic acids is 1. The van der Waals surface area contributed by atoms with Gasteiger partial charge < -0.3 is 4.57 Å². The zero-order valence-corrected chi connectivity index (χ0v) is 10.2. The van der Waals surface area contributed by atoms with E-state index in [2.05, 4.69) is 16.5 Å². The minimum Gasteiger partial charge on any atom is -0.331 e. The number of hydrogen-bond acceptors (Lipinski definition) is 2. The maximum atomic E-state index is 11.2. The Bertz CT molecular complexity index is 512. The summed E-state index contributed by atoms with van der Waals surface area (Å²) in [7, 11) is 0. The van der Waals surface area contributed by atoms with Crippen molar-refractivity contribution >= 4 is 5.78 Å². The third-order valence-corrected chi connectivity index (χ3v) is 2.73. The van der Waals surface area contributed by atoms with Crippen molar-refractivity contribution in [1.29, 1.82) is 0 Å². The molecule has 0 saturated carbocycles. The number of aryl methyl sites for hydroxylation is 1. The topological polar surface area (TPSA) is 34.9 Å². The highest BCUT2D eigenvalue weighted by atomic mass is 16.1. The lowest BCUT2D eigenvalue weighted by atomic mass is 10.1. The fourth-order valence-electron chi connectivity index (χ4n) is 1.84. The standard InChI is InChI=1S/C14H16N2O.CH4/c1-3-9-16-10-8-15-14(16)13-6-4-12(5-7-13)11(2)17;/h4-8,10H,3,9H2,1-2H3;1H4. The normalized spacial score (nSPS) is 9.89. The van der Waals surface area contributed by atoms with E-state index < -0.39 is 0 Å². The van der Waals surface area contributed by atoms with E-state index in [1.165, 1.54) is 0 Å². The highest BCUT2D eigenvalue weighted by molar-refractivity contribution is 5.94. The SMILES string of the molecule is C.CCCn1ccnc1-c1ccc(C(C)=O)cc1. The second-order valence-corrected chi connectivity index (χ2v) is 4.08. The first-order chi connectivity index (χ1) is 8.22. The first-order valence-electron chi connectivity index (χ1n) is 5.85. The van der Waals surface area contributed by atoms with Crippen molar-refractivity contribution in [2.24, 2.45) is 0 Å². The van der Waals surface area contributed by atoms with E-state index in [9.17, 15) is 4.79 Å². The molecule has 0 spiro atoms. The molecule has 0 aliphatic carbocycles. The van der Waals surface area contributed by atoms with Crippen LogP contribution in [0.15, 0.2) is 36.7 Å². The van der Waals surface area contributed by atoms with Crippen LogP contribution in [0.1, 0.15) is 38.1 Å². The average molecular weight is 244 g/mol. The number of hydrogen-bond donors (Lipinski definition) is 0. The lowest BCUT2D eigenvalue weighted by Crippen LogP contribution is -1.99. The lowest BCUT2D eigenvalue weighted by Gasteiger charge is -2.06. The highest BCUT2D eigenvalue weighted by Crippen LogP contribution is 2.18. The van der Waals surface area contributed by atoms with Crippen LogP contribution < -0.4 is 0 Å². The zero-order valence-electron chi connectivity index (χ0n) is 10.2. The predicted molar refractivity (Wildman–Crippen MR) is 74.7 cm³/mol. The van der Waals surface area contributed by atoms with Gasteiger partial charge in [0.15, 0.2) is 5.78 Å². The lowest BCUT2D eigenvalue weighted by molar-refractivity contribution is 0.101. The van der Waals surface area contributed by atoms with Crippen LogP contribution in [0.4, 0.5) is 0 Å². The van der Waals surface area contributed by atoms with Gasteiger partial charge in [0.05, 0.1) is 0 Å². The van der Waals surface area contributed by atoms with E-state index in [-0.39, 0.29) is 13.2 Å². The molecule has 0 radical (unpaired) electrons. The van der Waals surface area contributed by atoms with Crippen LogP contribution in [0, 0.1) is 0 Å². The van der Waals surface area contributed by atoms with Crippen molar-refractivity contribution in [1.82, 2.24) is 9.55 Å². The quantitative estimate of drug-likeness (QED) is 0.767. The maximum Gasteiger partial charge on any atom is 0.159 e. The predicted octanol–water partition coefficient (Wildman–Crippen LogP) is 3.80. The summed E-state index contributed by atoms with van der Waals surface area (Å²) >= 11 is 0. The third-order valence-electron chi connectivity index (χ3n) is 2.73. The first-order valence-corrected chi connectivity index (χ1v) is 5.85. The van der Waals surface area contributed by atoms with Gasteiger partial charge in [0.2, 0.25) is 0 Å². The number of aromatic nitrogens is 2. The van der Waals surface area contributed by atoms with Crippen molar-refractivity contribution in [2.75, 3.05) is 0 Å². The summed E-state index contributed by atoms with van der Waals surface area (Å²) < 4.78 is 2.13. The highest BCUT2D eigenvalue weighted by Gasteiger charge is 2.06. The summed E-state index contributed by atoms with van der Waals surface area (Å²) in [6.45, 7) is 4.68. The Morgan fingerprint density at radius 2 is 1.94 bits per heavy atom. The van der Waals surface area contributed by atoms with Gasteiger partial charge in [-0.15, -0.1) is 0 Å². The van der Waals surface area contributed by atoms with Gasteiger partial charge in [0.1, 0.15) is 5.82 Å². The molecule has 0 atom stereocenters. The van der Waals surface area contributed by atoms with Crippen LogP contribution in [-0.2, 0) is 6.54 Å². The molecule has 3 heteroatoms. The fraction of sp³-hybridized carbons (Fsp3) is 0.333. The molecular weight excluding hydrogens is 224 g/mol. The van der Waals surface area contributed by atoms with Gasteiger partial charge in [-0.1, -0.05) is 38.6 Å². The van der Waals surface area contributed by atoms with Gasteiger partial charge in [0.25, 0.3) is 0 Å². The number of imidazole rings is 1. The monoisotopic (exact) mass is 244 g/mol. The maximum absolute atomic E-state index is 11.2. The molecule has 0 unspecified atom stereocenters. The third kappa shape index (κ3) is 2.86. The summed E-state index contributed by atoms with van der Waals surface area (Å²) in [5.74, 6) is 1.05. The van der Waals surface area contributed by atoms with Crippen LogP contribution >= 0.6 is 0 Å². The Labute approximate surface area is 108 Å². The molecule has 0 amide bonds. The van der Waals surface area contributed by atoms with Gasteiger partial charge >= 0.3 is 0 Å². The zero-order chi connectivity index (χ0) is 12.3. The minimum atomic E-state index is 0. The molecule has 96 valence electrons. The molecule has 2 rings (SSSR count). The molecule has 0 saturated heterocycles. The van der Waals surface area contributed by atoms with E-state index in [1.807, 2.05) is 36.7 Å². The van der Waals surface area contributed by atoms with E-state index in [0.29, 0.717) is 0 Å². The largest absolute Gasteiger partial charge is 0.331 e. The molecule has 3 nitrogen and oxygen atoms in total. The van der Waals surface area contributed by atoms with Crippen molar-refractivity contribution < 1.29 is 4.79 Å². The minimum absolute atomic E-state index is 0. The number of benzene rings is 1. The molecular formula is C15H20N2O. The average Bonchev–Trinajstić information content (AvgIpc) is 2.78. The van der Waals surface area contributed by atoms with E-state index in [4.69, 9.17) is 0 Å². The van der Waals surface area contributed by atoms with Gasteiger partial charge in [-0.25, -0.2) is 4.98 Å². The second kappa shape index (κ2) is 6.15. The van der Waals surface area contributed by atoms with E-state index in [0.717, 1.165) is 29.9 Å². The fourth-order valence-corrected chi connectivity index (χ4v) is 1.84. The number of rotatable bonds is 4. The van der Waals surface area contributed by atoms with Crippen LogP contribution in [-0.4, -0.2) is 15.3 Å². The molecule has 0 N–H and O–H groups in total. The second-order valence-electron chi connectivity index (χ2n) is 4.08. The van der Waals surface area contributed by atoms with Crippen LogP contribution in [0.2, 0.25) is 0 Å².